The summed E-state index contributed by atoms with van der Waals surface area (Å²) in [4.78, 5) is 15.9. The van der Waals surface area contributed by atoms with Gasteiger partial charge in [-0.2, -0.15) is 0 Å². The Bertz CT molecular complexity index is 596. The molecule has 2 aromatic rings. The van der Waals surface area contributed by atoms with Gasteiger partial charge in [-0.1, -0.05) is 19.1 Å². The summed E-state index contributed by atoms with van der Waals surface area (Å²) < 4.78 is 0. The van der Waals surface area contributed by atoms with Crippen molar-refractivity contribution in [1.82, 2.24) is 10.3 Å². The molecule has 0 saturated carbocycles. The lowest BCUT2D eigenvalue weighted by atomic mass is 10.1. The molecular weight excluding hydrogens is 270 g/mol. The van der Waals surface area contributed by atoms with Gasteiger partial charge in [-0.15, -0.1) is 0 Å². The number of carbonyl (C=O) groups is 1. The number of thiocarbonyl (C=S) groups is 1. The Hall–Kier alpha value is -2.27. The number of aromatic nitrogens is 1. The zero-order valence-corrected chi connectivity index (χ0v) is 11.9. The van der Waals surface area contributed by atoms with Gasteiger partial charge in [0.2, 0.25) is 0 Å². The Kier molecular flexibility index (Phi) is 4.79. The molecule has 0 aliphatic carbocycles. The van der Waals surface area contributed by atoms with Crippen LogP contribution in [-0.4, -0.2) is 16.0 Å². The number of rotatable bonds is 3. The normalized spacial score (nSPS) is 9.85. The Labute approximate surface area is 123 Å². The van der Waals surface area contributed by atoms with Gasteiger partial charge in [0.15, 0.2) is 5.11 Å². The highest BCUT2D eigenvalue weighted by atomic mass is 32.1. The predicted molar refractivity (Wildman–Crippen MR) is 83.7 cm³/mol. The first-order valence-electron chi connectivity index (χ1n) is 6.30. The fourth-order valence-corrected chi connectivity index (χ4v) is 1.88. The summed E-state index contributed by atoms with van der Waals surface area (Å²) in [7, 11) is 0. The van der Waals surface area contributed by atoms with Crippen molar-refractivity contribution in [1.29, 1.82) is 0 Å². The van der Waals surface area contributed by atoms with Gasteiger partial charge in [0.25, 0.3) is 5.91 Å². The quantitative estimate of drug-likeness (QED) is 0.851. The molecule has 102 valence electrons. The van der Waals surface area contributed by atoms with E-state index < -0.39 is 0 Å². The molecule has 2 rings (SSSR count). The Morgan fingerprint density at radius 2 is 2.00 bits per heavy atom. The summed E-state index contributed by atoms with van der Waals surface area (Å²) in [6.07, 6.45) is 4.25. The third-order valence-corrected chi connectivity index (χ3v) is 2.97. The molecule has 5 heteroatoms. The van der Waals surface area contributed by atoms with Crippen molar-refractivity contribution in [3.8, 4) is 0 Å². The second-order valence-corrected chi connectivity index (χ2v) is 4.61. The maximum atomic E-state index is 12.0. The Morgan fingerprint density at radius 1 is 1.25 bits per heavy atom. The number of hydrogen-bond donors (Lipinski definition) is 2. The van der Waals surface area contributed by atoms with Crippen LogP contribution >= 0.6 is 12.2 Å². The molecule has 0 spiro atoms. The van der Waals surface area contributed by atoms with Crippen molar-refractivity contribution in [3.63, 3.8) is 0 Å². The van der Waals surface area contributed by atoms with Gasteiger partial charge in [-0.25, -0.2) is 0 Å². The van der Waals surface area contributed by atoms with Crippen LogP contribution in [0.2, 0.25) is 0 Å². The molecular formula is C15H15N3OS. The van der Waals surface area contributed by atoms with E-state index in [1.54, 1.807) is 30.6 Å². The minimum Gasteiger partial charge on any atom is -0.331 e. The summed E-state index contributed by atoms with van der Waals surface area (Å²) in [5.74, 6) is -0.228. The molecule has 4 nitrogen and oxygen atoms in total. The highest BCUT2D eigenvalue weighted by Crippen LogP contribution is 2.06. The van der Waals surface area contributed by atoms with Gasteiger partial charge in [-0.3, -0.25) is 15.1 Å². The topological polar surface area (TPSA) is 54.0 Å². The molecule has 2 N–H and O–H groups in total. The number of aryl methyl sites for hydroxylation is 1. The fourth-order valence-electron chi connectivity index (χ4n) is 1.67. The van der Waals surface area contributed by atoms with E-state index in [1.807, 2.05) is 18.2 Å². The summed E-state index contributed by atoms with van der Waals surface area (Å²) in [5.41, 5.74) is 2.51. The summed E-state index contributed by atoms with van der Waals surface area (Å²) >= 11 is 5.09. The van der Waals surface area contributed by atoms with Crippen LogP contribution in [0.1, 0.15) is 22.8 Å². The first-order valence-corrected chi connectivity index (χ1v) is 6.71. The van der Waals surface area contributed by atoms with Gasteiger partial charge in [0, 0.05) is 11.8 Å². The average Bonchev–Trinajstić information content (AvgIpc) is 2.48. The number of pyridine rings is 1. The van der Waals surface area contributed by atoms with Crippen LogP contribution in [0.5, 0.6) is 0 Å². The van der Waals surface area contributed by atoms with Gasteiger partial charge >= 0.3 is 0 Å². The summed E-state index contributed by atoms with van der Waals surface area (Å²) in [6, 6.07) is 11.1. The molecule has 0 aliphatic rings. The van der Waals surface area contributed by atoms with Crippen molar-refractivity contribution in [2.45, 2.75) is 13.3 Å². The van der Waals surface area contributed by atoms with Crippen molar-refractivity contribution in [2.75, 3.05) is 5.32 Å². The van der Waals surface area contributed by atoms with E-state index in [2.05, 4.69) is 22.5 Å². The molecule has 0 bridgehead atoms. The van der Waals surface area contributed by atoms with Crippen LogP contribution in [-0.2, 0) is 6.42 Å². The second-order valence-electron chi connectivity index (χ2n) is 4.20. The maximum absolute atomic E-state index is 12.0. The van der Waals surface area contributed by atoms with Crippen LogP contribution in [0.3, 0.4) is 0 Å². The zero-order chi connectivity index (χ0) is 14.4. The zero-order valence-electron chi connectivity index (χ0n) is 11.1. The van der Waals surface area contributed by atoms with Gasteiger partial charge in [0.1, 0.15) is 0 Å². The number of benzene rings is 1. The van der Waals surface area contributed by atoms with Gasteiger partial charge < -0.3 is 5.32 Å². The number of nitrogens with zero attached hydrogens (tertiary/aromatic N) is 1. The van der Waals surface area contributed by atoms with Crippen molar-refractivity contribution in [3.05, 3.63) is 59.9 Å². The van der Waals surface area contributed by atoms with E-state index in [0.717, 1.165) is 12.1 Å². The second kappa shape index (κ2) is 6.77. The smallest absolute Gasteiger partial charge is 0.257 e. The minimum atomic E-state index is -0.228. The third kappa shape index (κ3) is 3.86. The van der Waals surface area contributed by atoms with Gasteiger partial charge in [0.05, 0.1) is 11.9 Å². The lowest BCUT2D eigenvalue weighted by molar-refractivity contribution is 0.0977. The van der Waals surface area contributed by atoms with Crippen molar-refractivity contribution >= 4 is 28.9 Å². The molecule has 0 radical (unpaired) electrons. The van der Waals surface area contributed by atoms with Crippen LogP contribution in [0.15, 0.2) is 48.8 Å². The highest BCUT2D eigenvalue weighted by molar-refractivity contribution is 7.80. The van der Waals surface area contributed by atoms with Crippen LogP contribution < -0.4 is 10.6 Å². The van der Waals surface area contributed by atoms with Crippen molar-refractivity contribution in [2.24, 2.45) is 0 Å². The number of hydrogen-bond acceptors (Lipinski definition) is 3. The monoisotopic (exact) mass is 285 g/mol. The molecule has 1 heterocycles. The molecule has 1 aromatic carbocycles. The number of carbonyl (C=O) groups excluding carboxylic acids is 1. The molecule has 0 aliphatic heterocycles. The van der Waals surface area contributed by atoms with Gasteiger partial charge in [-0.05, 0) is 48.5 Å². The van der Waals surface area contributed by atoms with E-state index in [0.29, 0.717) is 5.56 Å². The van der Waals surface area contributed by atoms with E-state index in [1.165, 1.54) is 5.56 Å². The first-order chi connectivity index (χ1) is 9.69. The third-order valence-electron chi connectivity index (χ3n) is 2.77. The van der Waals surface area contributed by atoms with E-state index >= 15 is 0 Å². The molecule has 20 heavy (non-hydrogen) atoms. The van der Waals surface area contributed by atoms with Crippen LogP contribution in [0, 0.1) is 0 Å². The lowest BCUT2D eigenvalue weighted by Crippen LogP contribution is -2.34. The van der Waals surface area contributed by atoms with E-state index in [9.17, 15) is 4.79 Å². The SMILES string of the molecule is CCc1ccc(C(=O)NC(=S)Nc2cccnc2)cc1. The summed E-state index contributed by atoms with van der Waals surface area (Å²) in [5, 5.41) is 5.79. The Morgan fingerprint density at radius 3 is 2.60 bits per heavy atom. The number of anilines is 1. The molecule has 0 unspecified atom stereocenters. The molecule has 1 amide bonds. The van der Waals surface area contributed by atoms with Crippen molar-refractivity contribution < 1.29 is 4.79 Å². The molecule has 0 saturated heterocycles. The molecule has 0 fully saturated rings. The van der Waals surface area contributed by atoms with Crippen LogP contribution in [0.4, 0.5) is 5.69 Å². The first kappa shape index (κ1) is 14.1. The minimum absolute atomic E-state index is 0.228. The maximum Gasteiger partial charge on any atom is 0.257 e. The molecule has 0 atom stereocenters. The average molecular weight is 285 g/mol. The number of amides is 1. The fraction of sp³-hybridized carbons (Fsp3) is 0.133. The highest BCUT2D eigenvalue weighted by Gasteiger charge is 2.07. The van der Waals surface area contributed by atoms with Crippen LogP contribution in [0.25, 0.3) is 0 Å². The lowest BCUT2D eigenvalue weighted by Gasteiger charge is -2.09. The molecule has 1 aromatic heterocycles. The number of nitrogens with one attached hydrogen (secondary N) is 2. The standard InChI is InChI=1S/C15H15N3OS/c1-2-11-5-7-12(8-6-11)14(19)18-15(20)17-13-4-3-9-16-10-13/h3-10H,2H2,1H3,(H2,17,18,19,20). The summed E-state index contributed by atoms with van der Waals surface area (Å²) in [6.45, 7) is 2.07. The Balaban J connectivity index is 1.95. The van der Waals surface area contributed by atoms with E-state index in [4.69, 9.17) is 12.2 Å². The largest absolute Gasteiger partial charge is 0.331 e. The van der Waals surface area contributed by atoms with E-state index in [-0.39, 0.29) is 11.0 Å². The predicted octanol–water partition coefficient (Wildman–Crippen LogP) is 2.77.